The number of halogens is 1. The van der Waals surface area contributed by atoms with Crippen molar-refractivity contribution in [1.82, 2.24) is 20.4 Å². The van der Waals surface area contributed by atoms with E-state index in [-0.39, 0.29) is 24.0 Å². The van der Waals surface area contributed by atoms with Crippen LogP contribution in [0.4, 0.5) is 0 Å². The summed E-state index contributed by atoms with van der Waals surface area (Å²) in [7, 11) is 0. The molecule has 7 heteroatoms. The molecule has 6 nitrogen and oxygen atoms in total. The van der Waals surface area contributed by atoms with Gasteiger partial charge in [0, 0.05) is 51.9 Å². The monoisotopic (exact) mass is 451 g/mol. The number of likely N-dealkylation sites (tertiary alicyclic amines) is 1. The highest BCUT2D eigenvalue weighted by Gasteiger charge is 2.34. The Labute approximate surface area is 163 Å². The number of hydrogen-bond acceptors (Lipinski definition) is 4. The van der Waals surface area contributed by atoms with Gasteiger partial charge >= 0.3 is 0 Å². The molecule has 0 aromatic carbocycles. The first-order valence-electron chi connectivity index (χ1n) is 9.41. The Bertz CT molecular complexity index is 385. The third kappa shape index (κ3) is 6.65. The highest BCUT2D eigenvalue weighted by atomic mass is 127. The molecule has 2 N–H and O–H groups in total. The number of ether oxygens (including phenoxy) is 1. The highest BCUT2D eigenvalue weighted by molar-refractivity contribution is 14.0. The summed E-state index contributed by atoms with van der Waals surface area (Å²) >= 11 is 0. The molecule has 2 saturated heterocycles. The van der Waals surface area contributed by atoms with E-state index in [1.54, 1.807) is 0 Å². The number of aliphatic imine (C=N–C) groups is 1. The van der Waals surface area contributed by atoms with E-state index in [2.05, 4.69) is 27.4 Å². The van der Waals surface area contributed by atoms with Crippen LogP contribution in [0.15, 0.2) is 4.99 Å². The van der Waals surface area contributed by atoms with E-state index < -0.39 is 0 Å². The molecule has 0 aromatic heterocycles. The number of nitrogens with zero attached hydrogens (tertiary/aromatic N) is 3. The summed E-state index contributed by atoms with van der Waals surface area (Å²) in [5, 5.41) is 6.85. The van der Waals surface area contributed by atoms with Crippen molar-refractivity contribution in [1.29, 1.82) is 0 Å². The topological polar surface area (TPSA) is 52.1 Å². The van der Waals surface area contributed by atoms with Crippen LogP contribution in [0.1, 0.15) is 26.2 Å². The van der Waals surface area contributed by atoms with E-state index in [0.29, 0.717) is 0 Å². The fourth-order valence-electron chi connectivity index (χ4n) is 3.50. The summed E-state index contributed by atoms with van der Waals surface area (Å²) < 4.78 is 5.39. The lowest BCUT2D eigenvalue weighted by atomic mass is 10.1. The Kier molecular flexibility index (Phi) is 9.07. The van der Waals surface area contributed by atoms with Crippen LogP contribution in [0, 0.1) is 5.92 Å². The van der Waals surface area contributed by atoms with Gasteiger partial charge < -0.3 is 20.3 Å². The third-order valence-corrected chi connectivity index (χ3v) is 5.06. The van der Waals surface area contributed by atoms with Crippen molar-refractivity contribution in [2.24, 2.45) is 10.9 Å². The quantitative estimate of drug-likeness (QED) is 0.344. The molecule has 0 spiro atoms. The van der Waals surface area contributed by atoms with Crippen LogP contribution in [0.2, 0.25) is 0 Å². The summed E-state index contributed by atoms with van der Waals surface area (Å²) in [4.78, 5) is 9.93. The maximum Gasteiger partial charge on any atom is 0.191 e. The van der Waals surface area contributed by atoms with Gasteiger partial charge in [-0.1, -0.05) is 0 Å². The number of guanidine groups is 1. The molecule has 1 saturated carbocycles. The maximum absolute atomic E-state index is 5.39. The van der Waals surface area contributed by atoms with Crippen molar-refractivity contribution in [3.63, 3.8) is 0 Å². The van der Waals surface area contributed by atoms with Gasteiger partial charge in [-0.15, -0.1) is 24.0 Å². The average Bonchev–Trinajstić information content (AvgIpc) is 3.32. The standard InChI is InChI=1S/C17H33N5O.HI/c1-2-18-17(19-6-8-21-9-11-23-12-10-21)20-13-15-5-7-22(14-15)16-3-4-16;/h15-16H,2-14H2,1H3,(H2,18,19,20);1H. The van der Waals surface area contributed by atoms with Gasteiger partial charge in [-0.25, -0.2) is 0 Å². The van der Waals surface area contributed by atoms with Gasteiger partial charge in [0.15, 0.2) is 5.96 Å². The summed E-state index contributed by atoms with van der Waals surface area (Å²) in [6.07, 6.45) is 4.15. The van der Waals surface area contributed by atoms with Crippen molar-refractivity contribution >= 4 is 29.9 Å². The van der Waals surface area contributed by atoms with Crippen molar-refractivity contribution in [2.75, 3.05) is 65.6 Å². The zero-order valence-electron chi connectivity index (χ0n) is 15.0. The minimum atomic E-state index is 0. The van der Waals surface area contributed by atoms with Gasteiger partial charge in [0.1, 0.15) is 0 Å². The molecule has 1 atom stereocenters. The minimum absolute atomic E-state index is 0. The SMILES string of the molecule is CCNC(=NCC1CCN(C2CC2)C1)NCCN1CCOCC1.I. The molecule has 1 aliphatic carbocycles. The second-order valence-electron chi connectivity index (χ2n) is 6.98. The van der Waals surface area contributed by atoms with E-state index >= 15 is 0 Å². The first-order chi connectivity index (χ1) is 11.3. The van der Waals surface area contributed by atoms with Crippen LogP contribution in [0.3, 0.4) is 0 Å². The lowest BCUT2D eigenvalue weighted by Crippen LogP contribution is -2.44. The first-order valence-corrected chi connectivity index (χ1v) is 9.41. The zero-order valence-corrected chi connectivity index (χ0v) is 17.3. The smallest absolute Gasteiger partial charge is 0.191 e. The van der Waals surface area contributed by atoms with Crippen LogP contribution in [-0.4, -0.2) is 87.4 Å². The Balaban J connectivity index is 0.00000208. The largest absolute Gasteiger partial charge is 0.379 e. The Hall–Kier alpha value is -0.120. The Morgan fingerprint density at radius 1 is 1.12 bits per heavy atom. The number of rotatable bonds is 7. The van der Waals surface area contributed by atoms with Gasteiger partial charge in [-0.3, -0.25) is 9.89 Å². The van der Waals surface area contributed by atoms with E-state index in [1.807, 2.05) is 0 Å². The van der Waals surface area contributed by atoms with Crippen LogP contribution in [0.5, 0.6) is 0 Å². The maximum atomic E-state index is 5.39. The van der Waals surface area contributed by atoms with Crippen LogP contribution < -0.4 is 10.6 Å². The van der Waals surface area contributed by atoms with Crippen molar-refractivity contribution < 1.29 is 4.74 Å². The molecule has 2 heterocycles. The minimum Gasteiger partial charge on any atom is -0.379 e. The molecule has 0 aromatic rings. The lowest BCUT2D eigenvalue weighted by Gasteiger charge is -2.26. The Morgan fingerprint density at radius 2 is 1.92 bits per heavy atom. The molecule has 3 fully saturated rings. The number of nitrogens with one attached hydrogen (secondary N) is 2. The van der Waals surface area contributed by atoms with Gasteiger partial charge in [-0.05, 0) is 38.6 Å². The zero-order chi connectivity index (χ0) is 15.9. The highest BCUT2D eigenvalue weighted by Crippen LogP contribution is 2.31. The van der Waals surface area contributed by atoms with E-state index in [1.165, 1.54) is 32.4 Å². The summed E-state index contributed by atoms with van der Waals surface area (Å²) in [5.74, 6) is 1.72. The summed E-state index contributed by atoms with van der Waals surface area (Å²) in [6, 6.07) is 0.906. The van der Waals surface area contributed by atoms with Gasteiger partial charge in [0.25, 0.3) is 0 Å². The number of hydrogen-bond donors (Lipinski definition) is 2. The fourth-order valence-corrected chi connectivity index (χ4v) is 3.50. The molecule has 3 aliphatic rings. The molecule has 0 bridgehead atoms. The fraction of sp³-hybridized carbons (Fsp3) is 0.941. The summed E-state index contributed by atoms with van der Waals surface area (Å²) in [5.41, 5.74) is 0. The molecular formula is C17H34IN5O. The average molecular weight is 451 g/mol. The van der Waals surface area contributed by atoms with Gasteiger partial charge in [0.05, 0.1) is 13.2 Å². The van der Waals surface area contributed by atoms with Crippen LogP contribution in [0.25, 0.3) is 0 Å². The molecular weight excluding hydrogens is 417 g/mol. The third-order valence-electron chi connectivity index (χ3n) is 5.06. The van der Waals surface area contributed by atoms with Gasteiger partial charge in [-0.2, -0.15) is 0 Å². The molecule has 0 radical (unpaired) electrons. The lowest BCUT2D eigenvalue weighted by molar-refractivity contribution is 0.0389. The molecule has 0 amide bonds. The predicted molar refractivity (Wildman–Crippen MR) is 109 cm³/mol. The van der Waals surface area contributed by atoms with Crippen LogP contribution >= 0.6 is 24.0 Å². The molecule has 2 aliphatic heterocycles. The number of morpholine rings is 1. The molecule has 1 unspecified atom stereocenters. The van der Waals surface area contributed by atoms with Crippen LogP contribution in [-0.2, 0) is 4.74 Å². The molecule has 140 valence electrons. The van der Waals surface area contributed by atoms with Crippen molar-refractivity contribution in [3.05, 3.63) is 0 Å². The molecule has 3 rings (SSSR count). The second-order valence-corrected chi connectivity index (χ2v) is 6.98. The van der Waals surface area contributed by atoms with Gasteiger partial charge in [0.2, 0.25) is 0 Å². The normalized spacial score (nSPS) is 26.2. The molecule has 24 heavy (non-hydrogen) atoms. The first kappa shape index (κ1) is 20.2. The van der Waals surface area contributed by atoms with E-state index in [4.69, 9.17) is 9.73 Å². The summed E-state index contributed by atoms with van der Waals surface area (Å²) in [6.45, 7) is 12.4. The van der Waals surface area contributed by atoms with E-state index in [9.17, 15) is 0 Å². The second kappa shape index (κ2) is 10.8. The van der Waals surface area contributed by atoms with E-state index in [0.717, 1.165) is 70.4 Å². The van der Waals surface area contributed by atoms with Crippen molar-refractivity contribution in [2.45, 2.75) is 32.2 Å². The predicted octanol–water partition coefficient (Wildman–Crippen LogP) is 0.976. The van der Waals surface area contributed by atoms with Crippen molar-refractivity contribution in [3.8, 4) is 0 Å². The Morgan fingerprint density at radius 3 is 2.62 bits per heavy atom.